The van der Waals surface area contributed by atoms with Crippen molar-refractivity contribution in [3.63, 3.8) is 0 Å². The molecule has 0 radical (unpaired) electrons. The van der Waals surface area contributed by atoms with Gasteiger partial charge in [-0.15, -0.1) is 0 Å². The van der Waals surface area contributed by atoms with Crippen LogP contribution in [0, 0.1) is 0 Å². The zero-order valence-electron chi connectivity index (χ0n) is 22.5. The Morgan fingerprint density at radius 1 is 0.975 bits per heavy atom. The number of benzene rings is 3. The zero-order valence-corrected chi connectivity index (χ0v) is 26.4. The van der Waals surface area contributed by atoms with Gasteiger partial charge in [0.2, 0.25) is 21.8 Å². The molecule has 40 heavy (non-hydrogen) atoms. The number of rotatable bonds is 12. The fraction of sp³-hybridized carbons (Fsp3) is 0.310. The van der Waals surface area contributed by atoms with Gasteiger partial charge in [0.1, 0.15) is 12.6 Å². The highest BCUT2D eigenvalue weighted by atomic mass is 79.9. The minimum Gasteiger partial charge on any atom is -0.352 e. The molecule has 0 fully saturated rings. The van der Waals surface area contributed by atoms with E-state index in [-0.39, 0.29) is 35.6 Å². The van der Waals surface area contributed by atoms with E-state index in [0.717, 1.165) is 26.2 Å². The van der Waals surface area contributed by atoms with Crippen molar-refractivity contribution in [3.05, 3.63) is 98.4 Å². The van der Waals surface area contributed by atoms with E-state index in [9.17, 15) is 18.0 Å². The molecule has 2 atom stereocenters. The third kappa shape index (κ3) is 8.96. The first-order chi connectivity index (χ1) is 18.9. The van der Waals surface area contributed by atoms with Crippen LogP contribution in [0.4, 0.5) is 5.69 Å². The van der Waals surface area contributed by atoms with Crippen molar-refractivity contribution in [2.45, 2.75) is 45.3 Å². The summed E-state index contributed by atoms with van der Waals surface area (Å²) in [7, 11) is -3.94. The number of carbonyl (C=O) groups is 2. The number of nitrogens with one attached hydrogen (secondary N) is 1. The standard InChI is InChI=1S/C29H32BrCl2N3O4S/c1-4-20(2)33-29(37)27(16-21-9-6-5-7-10-21)34(18-22-11-8-12-23(30)15-22)28(36)19-35(40(3,38)39)26-14-13-24(31)17-25(26)32/h5-15,17,20,27H,4,16,18-19H2,1-3H3,(H,33,37)/t20-,27+/m0/s1. The second kappa shape index (κ2) is 14.3. The van der Waals surface area contributed by atoms with E-state index in [4.69, 9.17) is 23.2 Å². The fourth-order valence-corrected chi connectivity index (χ4v) is 5.97. The number of hydrogen-bond acceptors (Lipinski definition) is 4. The predicted octanol–water partition coefficient (Wildman–Crippen LogP) is 6.08. The van der Waals surface area contributed by atoms with E-state index in [1.54, 1.807) is 0 Å². The normalized spacial score (nSPS) is 12.8. The van der Waals surface area contributed by atoms with Gasteiger partial charge in [-0.05, 0) is 54.8 Å². The van der Waals surface area contributed by atoms with Crippen LogP contribution < -0.4 is 9.62 Å². The molecule has 0 saturated carbocycles. The lowest BCUT2D eigenvalue weighted by Crippen LogP contribution is -2.54. The van der Waals surface area contributed by atoms with Gasteiger partial charge in [-0.2, -0.15) is 0 Å². The summed E-state index contributed by atoms with van der Waals surface area (Å²) in [5.41, 5.74) is 1.75. The molecule has 0 bridgehead atoms. The Hall–Kier alpha value is -2.59. The maximum Gasteiger partial charge on any atom is 0.244 e. The first-order valence-electron chi connectivity index (χ1n) is 12.7. The van der Waals surface area contributed by atoms with Crippen molar-refractivity contribution in [2.75, 3.05) is 17.1 Å². The molecular weight excluding hydrogens is 637 g/mol. The maximum atomic E-state index is 14.1. The highest BCUT2D eigenvalue weighted by Gasteiger charge is 2.34. The van der Waals surface area contributed by atoms with Crippen LogP contribution in [0.5, 0.6) is 0 Å². The van der Waals surface area contributed by atoms with Crippen LogP contribution >= 0.6 is 39.1 Å². The molecule has 0 aromatic heterocycles. The summed E-state index contributed by atoms with van der Waals surface area (Å²) >= 11 is 15.8. The first-order valence-corrected chi connectivity index (χ1v) is 16.1. The second-order valence-electron chi connectivity index (χ2n) is 9.54. The van der Waals surface area contributed by atoms with Crippen LogP contribution in [0.2, 0.25) is 10.0 Å². The number of sulfonamides is 1. The summed E-state index contributed by atoms with van der Waals surface area (Å²) in [5.74, 6) is -0.881. The lowest BCUT2D eigenvalue weighted by atomic mass is 10.0. The highest BCUT2D eigenvalue weighted by Crippen LogP contribution is 2.31. The molecule has 0 heterocycles. The predicted molar refractivity (Wildman–Crippen MR) is 165 cm³/mol. The van der Waals surface area contributed by atoms with Gasteiger partial charge in [0, 0.05) is 28.5 Å². The van der Waals surface area contributed by atoms with Gasteiger partial charge < -0.3 is 10.2 Å². The van der Waals surface area contributed by atoms with E-state index in [1.807, 2.05) is 68.4 Å². The van der Waals surface area contributed by atoms with Crippen LogP contribution in [-0.2, 0) is 32.6 Å². The number of anilines is 1. The fourth-order valence-electron chi connectivity index (χ4n) is 4.11. The van der Waals surface area contributed by atoms with E-state index in [2.05, 4.69) is 21.2 Å². The topological polar surface area (TPSA) is 86.8 Å². The summed E-state index contributed by atoms with van der Waals surface area (Å²) in [6, 6.07) is 20.1. The molecule has 3 aromatic rings. The smallest absolute Gasteiger partial charge is 0.244 e. The quantitative estimate of drug-likeness (QED) is 0.254. The summed E-state index contributed by atoms with van der Waals surface area (Å²) in [5, 5.41) is 3.41. The maximum absolute atomic E-state index is 14.1. The summed E-state index contributed by atoms with van der Waals surface area (Å²) in [6.07, 6.45) is 1.95. The Bertz CT molecular complexity index is 1440. The van der Waals surface area contributed by atoms with Crippen LogP contribution in [0.1, 0.15) is 31.4 Å². The molecule has 0 aliphatic rings. The van der Waals surface area contributed by atoms with Crippen LogP contribution in [0.15, 0.2) is 77.3 Å². The molecule has 0 aliphatic heterocycles. The van der Waals surface area contributed by atoms with Crippen molar-refractivity contribution in [2.24, 2.45) is 0 Å². The average Bonchev–Trinajstić information content (AvgIpc) is 2.89. The molecule has 7 nitrogen and oxygen atoms in total. The molecule has 3 aromatic carbocycles. The Balaban J connectivity index is 2.08. The largest absolute Gasteiger partial charge is 0.352 e. The van der Waals surface area contributed by atoms with Crippen LogP contribution in [0.25, 0.3) is 0 Å². The number of halogens is 3. The summed E-state index contributed by atoms with van der Waals surface area (Å²) in [6.45, 7) is 3.37. The van der Waals surface area contributed by atoms with Gasteiger partial charge in [0.15, 0.2) is 0 Å². The Morgan fingerprint density at radius 3 is 2.25 bits per heavy atom. The first kappa shape index (κ1) is 31.9. The van der Waals surface area contributed by atoms with E-state index in [0.29, 0.717) is 11.4 Å². The van der Waals surface area contributed by atoms with Crippen molar-refractivity contribution >= 4 is 66.7 Å². The van der Waals surface area contributed by atoms with Crippen LogP contribution in [0.3, 0.4) is 0 Å². The Kier molecular flexibility index (Phi) is 11.5. The minimum absolute atomic E-state index is 0.0790. The third-order valence-electron chi connectivity index (χ3n) is 6.37. The zero-order chi connectivity index (χ0) is 29.4. The molecule has 0 spiro atoms. The van der Waals surface area contributed by atoms with E-state index in [1.165, 1.54) is 23.1 Å². The van der Waals surface area contributed by atoms with Gasteiger partial charge in [-0.25, -0.2) is 8.42 Å². The molecular formula is C29H32BrCl2N3O4S. The Labute approximate surface area is 254 Å². The molecule has 0 unspecified atom stereocenters. The molecule has 2 amide bonds. The number of amides is 2. The average molecular weight is 669 g/mol. The van der Waals surface area contributed by atoms with Crippen molar-refractivity contribution in [3.8, 4) is 0 Å². The Morgan fingerprint density at radius 2 is 1.65 bits per heavy atom. The summed E-state index contributed by atoms with van der Waals surface area (Å²) < 4.78 is 27.5. The molecule has 1 N–H and O–H groups in total. The van der Waals surface area contributed by atoms with Gasteiger partial charge in [-0.1, -0.05) is 88.5 Å². The van der Waals surface area contributed by atoms with Crippen molar-refractivity contribution < 1.29 is 18.0 Å². The van der Waals surface area contributed by atoms with Gasteiger partial charge in [-0.3, -0.25) is 13.9 Å². The van der Waals surface area contributed by atoms with Gasteiger partial charge in [0.25, 0.3) is 0 Å². The second-order valence-corrected chi connectivity index (χ2v) is 13.2. The minimum atomic E-state index is -3.94. The van der Waals surface area contributed by atoms with Crippen molar-refractivity contribution in [1.29, 1.82) is 0 Å². The lowest BCUT2D eigenvalue weighted by molar-refractivity contribution is -0.140. The van der Waals surface area contributed by atoms with Gasteiger partial charge >= 0.3 is 0 Å². The monoisotopic (exact) mass is 667 g/mol. The molecule has 3 rings (SSSR count). The van der Waals surface area contributed by atoms with Gasteiger partial charge in [0.05, 0.1) is 17.0 Å². The van der Waals surface area contributed by atoms with Crippen LogP contribution in [-0.4, -0.2) is 50.0 Å². The molecule has 214 valence electrons. The highest BCUT2D eigenvalue weighted by molar-refractivity contribution is 9.10. The molecule has 0 aliphatic carbocycles. The molecule has 0 saturated heterocycles. The number of nitrogens with zero attached hydrogens (tertiary/aromatic N) is 2. The number of carbonyl (C=O) groups excluding carboxylic acids is 2. The van der Waals surface area contributed by atoms with E-state index >= 15 is 0 Å². The number of hydrogen-bond donors (Lipinski definition) is 1. The van der Waals surface area contributed by atoms with E-state index < -0.39 is 28.5 Å². The van der Waals surface area contributed by atoms with Crippen molar-refractivity contribution in [1.82, 2.24) is 10.2 Å². The third-order valence-corrected chi connectivity index (χ3v) is 8.53. The lowest BCUT2D eigenvalue weighted by Gasteiger charge is -2.34. The SMILES string of the molecule is CC[C@H](C)NC(=O)[C@@H](Cc1ccccc1)N(Cc1cccc(Br)c1)C(=O)CN(c1ccc(Cl)cc1Cl)S(C)(=O)=O. The summed E-state index contributed by atoms with van der Waals surface area (Å²) in [4.78, 5) is 29.2. The molecule has 11 heteroatoms.